The molecule has 0 radical (unpaired) electrons. The maximum atomic E-state index is 12.4. The molecule has 2 aromatic heterocycles. The van der Waals surface area contributed by atoms with E-state index in [4.69, 9.17) is 4.74 Å². The smallest absolute Gasteiger partial charge is 0.265 e. The number of carbonyl (C=O) groups is 1. The third-order valence-corrected chi connectivity index (χ3v) is 4.61. The van der Waals surface area contributed by atoms with Gasteiger partial charge < -0.3 is 20.7 Å². The Morgan fingerprint density at radius 3 is 2.18 bits per heavy atom. The van der Waals surface area contributed by atoms with Gasteiger partial charge >= 0.3 is 0 Å². The number of carbonyl (C=O) groups excluding carboxylic acids is 1. The number of benzene rings is 2. The summed E-state index contributed by atoms with van der Waals surface area (Å²) in [5.41, 5.74) is 1.49. The molecule has 33 heavy (non-hydrogen) atoms. The lowest BCUT2D eigenvalue weighted by Gasteiger charge is -2.15. The molecule has 0 saturated carbocycles. The average Bonchev–Trinajstić information content (AvgIpc) is 2.81. The van der Waals surface area contributed by atoms with Crippen LogP contribution in [0.15, 0.2) is 85.1 Å². The summed E-state index contributed by atoms with van der Waals surface area (Å²) in [6, 6.07) is 24.0. The average molecular weight is 441 g/mol. The second-order valence-corrected chi connectivity index (χ2v) is 7.29. The first kappa shape index (κ1) is 21.8. The van der Waals surface area contributed by atoms with E-state index in [-0.39, 0.29) is 5.91 Å². The van der Waals surface area contributed by atoms with E-state index in [2.05, 4.69) is 30.9 Å². The summed E-state index contributed by atoms with van der Waals surface area (Å²) >= 11 is 0. The van der Waals surface area contributed by atoms with Gasteiger partial charge in [-0.05, 0) is 62.4 Å². The minimum Gasteiger partial charge on any atom is -0.481 e. The lowest BCUT2D eigenvalue weighted by atomic mass is 10.2. The summed E-state index contributed by atoms with van der Waals surface area (Å²) < 4.78 is 5.67. The van der Waals surface area contributed by atoms with Crippen molar-refractivity contribution in [3.8, 4) is 5.75 Å². The topological polar surface area (TPSA) is 101 Å². The van der Waals surface area contributed by atoms with Crippen LogP contribution in [0.25, 0.3) is 0 Å². The second kappa shape index (κ2) is 10.2. The zero-order valence-electron chi connectivity index (χ0n) is 18.3. The van der Waals surface area contributed by atoms with Gasteiger partial charge in [0.1, 0.15) is 29.0 Å². The lowest BCUT2D eigenvalue weighted by Crippen LogP contribution is -2.30. The standard InChI is InChI=1S/C25H24N6O2/c1-17(33-21-8-4-3-5-9-21)25(32)30-20-13-11-19(12-14-20)29-23-16-24(28-18(2)27-23)31-22-10-6-7-15-26-22/h3-17H,1-2H3,(H,30,32)(H2,26,27,28,29,31). The zero-order chi connectivity index (χ0) is 23.0. The molecular formula is C25H24N6O2. The van der Waals surface area contributed by atoms with Gasteiger partial charge in [0.25, 0.3) is 5.91 Å². The van der Waals surface area contributed by atoms with Crippen molar-refractivity contribution in [2.45, 2.75) is 20.0 Å². The molecule has 0 spiro atoms. The molecule has 3 N–H and O–H groups in total. The molecular weight excluding hydrogens is 416 g/mol. The fraction of sp³-hybridized carbons (Fsp3) is 0.120. The fourth-order valence-corrected chi connectivity index (χ4v) is 3.05. The summed E-state index contributed by atoms with van der Waals surface area (Å²) in [5.74, 6) is 3.03. The molecule has 2 heterocycles. The quantitative estimate of drug-likeness (QED) is 0.351. The van der Waals surface area contributed by atoms with Gasteiger partial charge in [0.05, 0.1) is 0 Å². The van der Waals surface area contributed by atoms with E-state index < -0.39 is 6.10 Å². The first-order valence-electron chi connectivity index (χ1n) is 10.5. The molecule has 1 atom stereocenters. The van der Waals surface area contributed by atoms with E-state index in [1.54, 1.807) is 19.2 Å². The van der Waals surface area contributed by atoms with Crippen LogP contribution in [0.2, 0.25) is 0 Å². The van der Waals surface area contributed by atoms with Crippen molar-refractivity contribution in [1.82, 2.24) is 15.0 Å². The van der Waals surface area contributed by atoms with Crippen molar-refractivity contribution in [1.29, 1.82) is 0 Å². The summed E-state index contributed by atoms with van der Waals surface area (Å²) in [4.78, 5) is 25.5. The number of anilines is 5. The molecule has 0 bridgehead atoms. The van der Waals surface area contributed by atoms with Crippen LogP contribution >= 0.6 is 0 Å². The molecule has 1 unspecified atom stereocenters. The van der Waals surface area contributed by atoms with E-state index >= 15 is 0 Å². The van der Waals surface area contributed by atoms with E-state index in [1.807, 2.05) is 79.7 Å². The second-order valence-electron chi connectivity index (χ2n) is 7.29. The van der Waals surface area contributed by atoms with Crippen LogP contribution in [0.5, 0.6) is 5.75 Å². The van der Waals surface area contributed by atoms with Crippen molar-refractivity contribution in [3.05, 3.63) is 90.9 Å². The Balaban J connectivity index is 1.37. The number of nitrogens with one attached hydrogen (secondary N) is 3. The lowest BCUT2D eigenvalue weighted by molar-refractivity contribution is -0.122. The van der Waals surface area contributed by atoms with Gasteiger partial charge in [0, 0.05) is 23.6 Å². The number of hydrogen-bond acceptors (Lipinski definition) is 7. The molecule has 0 fully saturated rings. The Morgan fingerprint density at radius 1 is 0.818 bits per heavy atom. The summed E-state index contributed by atoms with van der Waals surface area (Å²) in [6.45, 7) is 3.54. The number of rotatable bonds is 8. The van der Waals surface area contributed by atoms with Gasteiger partial charge in [-0.15, -0.1) is 0 Å². The molecule has 0 aliphatic heterocycles. The molecule has 0 saturated heterocycles. The molecule has 0 aliphatic carbocycles. The predicted octanol–water partition coefficient (Wildman–Crippen LogP) is 5.07. The SMILES string of the molecule is Cc1nc(Nc2ccc(NC(=O)C(C)Oc3ccccc3)cc2)cc(Nc2ccccn2)n1. The third kappa shape index (κ3) is 6.27. The van der Waals surface area contributed by atoms with Crippen molar-refractivity contribution in [2.75, 3.05) is 16.0 Å². The Morgan fingerprint density at radius 2 is 1.48 bits per heavy atom. The largest absolute Gasteiger partial charge is 0.481 e. The number of aryl methyl sites for hydroxylation is 1. The maximum Gasteiger partial charge on any atom is 0.265 e. The van der Waals surface area contributed by atoms with Gasteiger partial charge in [-0.3, -0.25) is 4.79 Å². The molecule has 8 heteroatoms. The molecule has 166 valence electrons. The zero-order valence-corrected chi connectivity index (χ0v) is 18.3. The van der Waals surface area contributed by atoms with Crippen LogP contribution in [0.3, 0.4) is 0 Å². The third-order valence-electron chi connectivity index (χ3n) is 4.61. The Hall–Kier alpha value is -4.46. The minimum atomic E-state index is -0.626. The van der Waals surface area contributed by atoms with Gasteiger partial charge in [-0.25, -0.2) is 15.0 Å². The van der Waals surface area contributed by atoms with Crippen LogP contribution < -0.4 is 20.7 Å². The van der Waals surface area contributed by atoms with Gasteiger partial charge in [0.2, 0.25) is 0 Å². The van der Waals surface area contributed by atoms with Crippen LogP contribution in [0, 0.1) is 6.92 Å². The van der Waals surface area contributed by atoms with E-state index in [0.29, 0.717) is 34.7 Å². The van der Waals surface area contributed by atoms with Crippen molar-refractivity contribution < 1.29 is 9.53 Å². The molecule has 4 aromatic rings. The van der Waals surface area contributed by atoms with E-state index in [0.717, 1.165) is 5.69 Å². The number of pyridine rings is 1. The minimum absolute atomic E-state index is 0.226. The Kier molecular flexibility index (Phi) is 6.75. The highest BCUT2D eigenvalue weighted by molar-refractivity contribution is 5.94. The summed E-state index contributed by atoms with van der Waals surface area (Å²) in [5, 5.41) is 9.29. The Bertz CT molecular complexity index is 1200. The molecule has 0 aliphatic rings. The number of aromatic nitrogens is 3. The van der Waals surface area contributed by atoms with E-state index in [1.165, 1.54) is 0 Å². The van der Waals surface area contributed by atoms with Crippen LogP contribution in [-0.4, -0.2) is 27.0 Å². The number of amides is 1. The van der Waals surface area contributed by atoms with Crippen LogP contribution in [0.4, 0.5) is 28.8 Å². The van der Waals surface area contributed by atoms with Crippen molar-refractivity contribution in [3.63, 3.8) is 0 Å². The summed E-state index contributed by atoms with van der Waals surface area (Å²) in [7, 11) is 0. The van der Waals surface area contributed by atoms with Crippen LogP contribution in [-0.2, 0) is 4.79 Å². The van der Waals surface area contributed by atoms with Crippen LogP contribution in [0.1, 0.15) is 12.7 Å². The van der Waals surface area contributed by atoms with Gasteiger partial charge in [-0.2, -0.15) is 0 Å². The first-order chi connectivity index (χ1) is 16.0. The first-order valence-corrected chi connectivity index (χ1v) is 10.5. The van der Waals surface area contributed by atoms with Gasteiger partial charge in [0.15, 0.2) is 6.10 Å². The Labute approximate surface area is 192 Å². The molecule has 1 amide bonds. The number of para-hydroxylation sites is 1. The van der Waals surface area contributed by atoms with Crippen molar-refractivity contribution >= 4 is 34.7 Å². The number of hydrogen-bond donors (Lipinski definition) is 3. The summed E-state index contributed by atoms with van der Waals surface area (Å²) in [6.07, 6.45) is 1.09. The number of nitrogens with zero attached hydrogens (tertiary/aromatic N) is 3. The van der Waals surface area contributed by atoms with Crippen molar-refractivity contribution in [2.24, 2.45) is 0 Å². The normalized spacial score (nSPS) is 11.3. The number of ether oxygens (including phenoxy) is 1. The predicted molar refractivity (Wildman–Crippen MR) is 129 cm³/mol. The molecule has 8 nitrogen and oxygen atoms in total. The highest BCUT2D eigenvalue weighted by Gasteiger charge is 2.14. The molecule has 4 rings (SSSR count). The monoisotopic (exact) mass is 440 g/mol. The van der Waals surface area contributed by atoms with Gasteiger partial charge in [-0.1, -0.05) is 24.3 Å². The molecule has 2 aromatic carbocycles. The maximum absolute atomic E-state index is 12.4. The highest BCUT2D eigenvalue weighted by Crippen LogP contribution is 2.21. The highest BCUT2D eigenvalue weighted by atomic mass is 16.5. The van der Waals surface area contributed by atoms with E-state index in [9.17, 15) is 4.79 Å². The fourth-order valence-electron chi connectivity index (χ4n) is 3.05.